The molecule has 0 bridgehead atoms. The average Bonchev–Trinajstić information content (AvgIpc) is 2.80. The molecule has 0 fully saturated rings. The summed E-state index contributed by atoms with van der Waals surface area (Å²) in [5.41, 5.74) is 8.11. The van der Waals surface area contributed by atoms with Crippen molar-refractivity contribution in [1.29, 1.82) is 0 Å². The van der Waals surface area contributed by atoms with E-state index in [9.17, 15) is 9.59 Å². The Labute approximate surface area is 115 Å². The quantitative estimate of drug-likeness (QED) is 0.767. The van der Waals surface area contributed by atoms with Crippen LogP contribution in [0.3, 0.4) is 0 Å². The molecule has 0 radical (unpaired) electrons. The molecule has 6 nitrogen and oxygen atoms in total. The fourth-order valence-corrected chi connectivity index (χ4v) is 2.04. The Morgan fingerprint density at radius 2 is 2.15 bits per heavy atom. The van der Waals surface area contributed by atoms with Crippen LogP contribution in [0, 0.1) is 0 Å². The monoisotopic (exact) mass is 268 g/mol. The molecule has 1 aromatic heterocycles. The summed E-state index contributed by atoms with van der Waals surface area (Å²) in [4.78, 5) is 27.3. The number of aromatic nitrogens is 1. The Hall–Kier alpha value is -2.89. The van der Waals surface area contributed by atoms with E-state index in [0.717, 1.165) is 5.56 Å². The summed E-state index contributed by atoms with van der Waals surface area (Å²) >= 11 is 0. The van der Waals surface area contributed by atoms with Crippen LogP contribution in [0.5, 0.6) is 0 Å². The number of amides is 2. The van der Waals surface area contributed by atoms with Gasteiger partial charge in [-0.3, -0.25) is 9.59 Å². The molecular weight excluding hydrogens is 256 g/mol. The third-order valence-corrected chi connectivity index (χ3v) is 3.04. The Morgan fingerprint density at radius 3 is 2.90 bits per heavy atom. The Morgan fingerprint density at radius 1 is 1.30 bits per heavy atom. The van der Waals surface area contributed by atoms with Crippen LogP contribution in [0.1, 0.15) is 15.9 Å². The van der Waals surface area contributed by atoms with E-state index in [1.807, 2.05) is 0 Å². The van der Waals surface area contributed by atoms with Gasteiger partial charge in [-0.05, 0) is 29.8 Å². The van der Waals surface area contributed by atoms with E-state index >= 15 is 0 Å². The molecule has 0 aliphatic carbocycles. The lowest BCUT2D eigenvalue weighted by Gasteiger charge is -2.06. The molecule has 0 saturated heterocycles. The summed E-state index contributed by atoms with van der Waals surface area (Å²) < 4.78 is 0. The molecule has 1 aliphatic rings. The smallest absolute Gasteiger partial charge is 0.255 e. The zero-order valence-electron chi connectivity index (χ0n) is 10.5. The number of hydrogen-bond donors (Lipinski definition) is 3. The SMILES string of the molecule is Nc1ccc(NC(=O)c2ccc3c(c2)NC(=O)C3)cn1. The largest absolute Gasteiger partial charge is 0.384 e. The van der Waals surface area contributed by atoms with Gasteiger partial charge in [0.15, 0.2) is 0 Å². The molecule has 100 valence electrons. The molecule has 3 rings (SSSR count). The van der Waals surface area contributed by atoms with Gasteiger partial charge >= 0.3 is 0 Å². The summed E-state index contributed by atoms with van der Waals surface area (Å²) in [5.74, 6) is 0.0732. The molecule has 2 amide bonds. The van der Waals surface area contributed by atoms with Gasteiger partial charge in [-0.1, -0.05) is 6.07 Å². The number of fused-ring (bicyclic) bond motifs is 1. The first-order valence-corrected chi connectivity index (χ1v) is 6.07. The number of nitrogens with zero attached hydrogens (tertiary/aromatic N) is 1. The highest BCUT2D eigenvalue weighted by Gasteiger charge is 2.19. The maximum atomic E-state index is 12.1. The highest BCUT2D eigenvalue weighted by atomic mass is 16.2. The minimum absolute atomic E-state index is 0.0553. The molecule has 4 N–H and O–H groups in total. The van der Waals surface area contributed by atoms with E-state index in [4.69, 9.17) is 5.73 Å². The minimum atomic E-state index is -0.263. The normalized spacial score (nSPS) is 12.7. The van der Waals surface area contributed by atoms with Gasteiger partial charge in [-0.15, -0.1) is 0 Å². The predicted octanol–water partition coefficient (Wildman–Crippen LogP) is 1.41. The van der Waals surface area contributed by atoms with Crippen molar-refractivity contribution < 1.29 is 9.59 Å². The van der Waals surface area contributed by atoms with Gasteiger partial charge in [0.1, 0.15) is 5.82 Å². The zero-order valence-corrected chi connectivity index (χ0v) is 10.5. The lowest BCUT2D eigenvalue weighted by molar-refractivity contribution is -0.115. The van der Waals surface area contributed by atoms with Crippen molar-refractivity contribution in [1.82, 2.24) is 4.98 Å². The molecule has 2 heterocycles. The Kier molecular flexibility index (Phi) is 2.83. The molecule has 0 spiro atoms. The first-order chi connectivity index (χ1) is 9.61. The van der Waals surface area contributed by atoms with Gasteiger partial charge in [0.05, 0.1) is 18.3 Å². The van der Waals surface area contributed by atoms with Crippen LogP contribution < -0.4 is 16.4 Å². The number of pyridine rings is 1. The fraction of sp³-hybridized carbons (Fsp3) is 0.0714. The van der Waals surface area contributed by atoms with Crippen molar-refractivity contribution in [2.75, 3.05) is 16.4 Å². The van der Waals surface area contributed by atoms with Crippen molar-refractivity contribution >= 4 is 29.0 Å². The maximum Gasteiger partial charge on any atom is 0.255 e. The van der Waals surface area contributed by atoms with E-state index in [1.54, 1.807) is 30.3 Å². The molecular formula is C14H12N4O2. The molecule has 0 unspecified atom stereocenters. The summed E-state index contributed by atoms with van der Waals surface area (Å²) in [7, 11) is 0. The summed E-state index contributed by atoms with van der Waals surface area (Å²) in [6, 6.07) is 8.43. The molecule has 6 heteroatoms. The molecule has 1 aliphatic heterocycles. The number of carbonyl (C=O) groups is 2. The molecule has 0 atom stereocenters. The third kappa shape index (κ3) is 2.31. The van der Waals surface area contributed by atoms with Crippen LogP contribution in [0.25, 0.3) is 0 Å². The van der Waals surface area contributed by atoms with Gasteiger partial charge in [0.25, 0.3) is 5.91 Å². The highest BCUT2D eigenvalue weighted by molar-refractivity contribution is 6.07. The fourth-order valence-electron chi connectivity index (χ4n) is 2.04. The number of nitrogens with one attached hydrogen (secondary N) is 2. The van der Waals surface area contributed by atoms with Crippen LogP contribution in [-0.2, 0) is 11.2 Å². The van der Waals surface area contributed by atoms with Gasteiger partial charge in [0.2, 0.25) is 5.91 Å². The second kappa shape index (κ2) is 4.65. The summed E-state index contributed by atoms with van der Waals surface area (Å²) in [6.07, 6.45) is 1.85. The van der Waals surface area contributed by atoms with Gasteiger partial charge in [-0.25, -0.2) is 4.98 Å². The minimum Gasteiger partial charge on any atom is -0.384 e. The zero-order chi connectivity index (χ0) is 14.1. The molecule has 1 aromatic carbocycles. The van der Waals surface area contributed by atoms with E-state index in [1.165, 1.54) is 6.20 Å². The number of nitrogen functional groups attached to an aromatic ring is 1. The predicted molar refractivity (Wildman–Crippen MR) is 75.4 cm³/mol. The number of rotatable bonds is 2. The van der Waals surface area contributed by atoms with Crippen molar-refractivity contribution in [3.63, 3.8) is 0 Å². The standard InChI is InChI=1S/C14H12N4O2/c15-12-4-3-10(7-16-12)17-14(20)9-2-1-8-6-13(19)18-11(8)5-9/h1-5,7H,6H2,(H2,15,16)(H,17,20)(H,18,19). The second-order valence-corrected chi connectivity index (χ2v) is 4.52. The van der Waals surface area contributed by atoms with Crippen LogP contribution in [0.2, 0.25) is 0 Å². The number of anilines is 3. The van der Waals surface area contributed by atoms with E-state index in [0.29, 0.717) is 29.2 Å². The van der Waals surface area contributed by atoms with Crippen molar-refractivity contribution in [3.8, 4) is 0 Å². The Balaban J connectivity index is 1.79. The van der Waals surface area contributed by atoms with Crippen LogP contribution in [0.4, 0.5) is 17.2 Å². The van der Waals surface area contributed by atoms with Gasteiger partial charge in [-0.2, -0.15) is 0 Å². The summed E-state index contributed by atoms with van der Waals surface area (Å²) in [6.45, 7) is 0. The first kappa shape index (κ1) is 12.2. The maximum absolute atomic E-state index is 12.1. The number of nitrogens with two attached hydrogens (primary N) is 1. The first-order valence-electron chi connectivity index (χ1n) is 6.07. The van der Waals surface area contributed by atoms with E-state index < -0.39 is 0 Å². The number of benzene rings is 1. The van der Waals surface area contributed by atoms with Crippen LogP contribution in [-0.4, -0.2) is 16.8 Å². The lowest BCUT2D eigenvalue weighted by atomic mass is 10.1. The highest BCUT2D eigenvalue weighted by Crippen LogP contribution is 2.24. The number of hydrogen-bond acceptors (Lipinski definition) is 4. The topological polar surface area (TPSA) is 97.1 Å². The second-order valence-electron chi connectivity index (χ2n) is 4.52. The van der Waals surface area contributed by atoms with Gasteiger partial charge in [0, 0.05) is 11.3 Å². The summed E-state index contributed by atoms with van der Waals surface area (Å²) in [5, 5.41) is 5.43. The van der Waals surface area contributed by atoms with Crippen LogP contribution >= 0.6 is 0 Å². The molecule has 2 aromatic rings. The van der Waals surface area contributed by atoms with Gasteiger partial charge < -0.3 is 16.4 Å². The molecule has 0 saturated carbocycles. The average molecular weight is 268 g/mol. The van der Waals surface area contributed by atoms with E-state index in [-0.39, 0.29) is 11.8 Å². The van der Waals surface area contributed by atoms with Crippen molar-refractivity contribution in [2.45, 2.75) is 6.42 Å². The van der Waals surface area contributed by atoms with Crippen molar-refractivity contribution in [2.24, 2.45) is 0 Å². The molecule has 20 heavy (non-hydrogen) atoms. The lowest BCUT2D eigenvalue weighted by Crippen LogP contribution is -2.12. The third-order valence-electron chi connectivity index (χ3n) is 3.04. The Bertz CT molecular complexity index is 695. The van der Waals surface area contributed by atoms with Crippen molar-refractivity contribution in [3.05, 3.63) is 47.7 Å². The van der Waals surface area contributed by atoms with E-state index in [2.05, 4.69) is 15.6 Å². The number of carbonyl (C=O) groups excluding carboxylic acids is 2. The van der Waals surface area contributed by atoms with Crippen LogP contribution in [0.15, 0.2) is 36.5 Å².